The molecule has 0 unspecified atom stereocenters. The Morgan fingerprint density at radius 2 is 2.15 bits per heavy atom. The zero-order chi connectivity index (χ0) is 9.42. The molecule has 2 rings (SSSR count). The van der Waals surface area contributed by atoms with Crippen molar-refractivity contribution in [2.24, 2.45) is 0 Å². The van der Waals surface area contributed by atoms with Crippen LogP contribution in [0.4, 0.5) is 0 Å². The monoisotopic (exact) mass is 173 g/mol. The largest absolute Gasteiger partial charge is 0.374 e. The fourth-order valence-corrected chi connectivity index (χ4v) is 1.81. The first-order valence-corrected chi connectivity index (χ1v) is 4.68. The molecule has 0 N–H and O–H groups in total. The quantitative estimate of drug-likeness (QED) is 0.582. The van der Waals surface area contributed by atoms with Crippen molar-refractivity contribution in [3.8, 4) is 0 Å². The van der Waals surface area contributed by atoms with Crippen LogP contribution in [-0.2, 0) is 6.42 Å². The number of aryl methyl sites for hydroxylation is 1. The topological polar surface area (TPSA) is 3.24 Å². The standard InChI is InChI=1S/C12H15N/c1-9-4-5-11-6-7-13(3)10(2)12(11)8-9/h4-5,8H,2,6-7H2,1,3H3. The summed E-state index contributed by atoms with van der Waals surface area (Å²) in [6.45, 7) is 7.32. The predicted molar refractivity (Wildman–Crippen MR) is 56.5 cm³/mol. The smallest absolute Gasteiger partial charge is 0.0367 e. The lowest BCUT2D eigenvalue weighted by Gasteiger charge is -2.29. The van der Waals surface area contributed by atoms with Gasteiger partial charge in [0.05, 0.1) is 0 Å². The molecule has 68 valence electrons. The van der Waals surface area contributed by atoms with E-state index in [0.717, 1.165) is 18.7 Å². The number of rotatable bonds is 0. The van der Waals surface area contributed by atoms with Gasteiger partial charge in [-0.1, -0.05) is 24.3 Å². The predicted octanol–water partition coefficient (Wildman–Crippen LogP) is 2.45. The number of hydrogen-bond donors (Lipinski definition) is 0. The summed E-state index contributed by atoms with van der Waals surface area (Å²) in [5, 5.41) is 0. The van der Waals surface area contributed by atoms with Crippen molar-refractivity contribution in [2.45, 2.75) is 13.3 Å². The summed E-state index contributed by atoms with van der Waals surface area (Å²) < 4.78 is 0. The number of hydrogen-bond acceptors (Lipinski definition) is 1. The Morgan fingerprint density at radius 3 is 2.92 bits per heavy atom. The van der Waals surface area contributed by atoms with E-state index in [9.17, 15) is 0 Å². The average molecular weight is 173 g/mol. The van der Waals surface area contributed by atoms with E-state index in [4.69, 9.17) is 0 Å². The highest BCUT2D eigenvalue weighted by molar-refractivity contribution is 5.67. The summed E-state index contributed by atoms with van der Waals surface area (Å²) in [6.07, 6.45) is 1.14. The van der Waals surface area contributed by atoms with Crippen molar-refractivity contribution < 1.29 is 0 Å². The molecule has 1 heterocycles. The minimum absolute atomic E-state index is 1.09. The van der Waals surface area contributed by atoms with Gasteiger partial charge in [0, 0.05) is 24.9 Å². The van der Waals surface area contributed by atoms with Crippen molar-refractivity contribution in [3.05, 3.63) is 41.5 Å². The molecule has 0 saturated heterocycles. The van der Waals surface area contributed by atoms with Crippen LogP contribution >= 0.6 is 0 Å². The van der Waals surface area contributed by atoms with Crippen LogP contribution < -0.4 is 0 Å². The Kier molecular flexibility index (Phi) is 1.87. The molecular weight excluding hydrogens is 158 g/mol. The third kappa shape index (κ3) is 1.35. The van der Waals surface area contributed by atoms with Crippen LogP contribution in [0.3, 0.4) is 0 Å². The summed E-state index contributed by atoms with van der Waals surface area (Å²) in [4.78, 5) is 2.22. The van der Waals surface area contributed by atoms with Crippen molar-refractivity contribution >= 4 is 5.70 Å². The van der Waals surface area contributed by atoms with Crippen LogP contribution in [0.2, 0.25) is 0 Å². The second-order valence-corrected chi connectivity index (χ2v) is 3.78. The highest BCUT2D eigenvalue weighted by atomic mass is 15.1. The molecule has 1 aliphatic heterocycles. The second-order valence-electron chi connectivity index (χ2n) is 3.78. The SMILES string of the molecule is C=C1c2cc(C)ccc2CCN1C. The van der Waals surface area contributed by atoms with Crippen molar-refractivity contribution in [3.63, 3.8) is 0 Å². The molecule has 1 aromatic rings. The van der Waals surface area contributed by atoms with Crippen LogP contribution in [0.1, 0.15) is 16.7 Å². The van der Waals surface area contributed by atoms with Crippen molar-refractivity contribution in [2.75, 3.05) is 13.6 Å². The fourth-order valence-electron chi connectivity index (χ4n) is 1.81. The number of likely N-dealkylation sites (N-methyl/N-ethyl adjacent to an activating group) is 1. The first-order valence-electron chi connectivity index (χ1n) is 4.68. The highest BCUT2D eigenvalue weighted by Gasteiger charge is 2.15. The third-order valence-electron chi connectivity index (χ3n) is 2.75. The number of nitrogens with zero attached hydrogens (tertiary/aromatic N) is 1. The van der Waals surface area contributed by atoms with Gasteiger partial charge in [-0.3, -0.25) is 0 Å². The summed E-state index contributed by atoms with van der Waals surface area (Å²) in [6, 6.07) is 6.63. The molecule has 0 atom stereocenters. The molecule has 13 heavy (non-hydrogen) atoms. The van der Waals surface area contributed by atoms with Gasteiger partial charge in [0.1, 0.15) is 0 Å². The van der Waals surface area contributed by atoms with Gasteiger partial charge in [0.15, 0.2) is 0 Å². The van der Waals surface area contributed by atoms with E-state index >= 15 is 0 Å². The van der Waals surface area contributed by atoms with Gasteiger partial charge in [0.25, 0.3) is 0 Å². The molecular formula is C12H15N. The minimum Gasteiger partial charge on any atom is -0.374 e. The van der Waals surface area contributed by atoms with Crippen LogP contribution in [0.5, 0.6) is 0 Å². The maximum Gasteiger partial charge on any atom is 0.0367 e. The molecule has 0 aliphatic carbocycles. The number of fused-ring (bicyclic) bond motifs is 1. The molecule has 0 spiro atoms. The summed E-state index contributed by atoms with van der Waals surface area (Å²) in [5.41, 5.74) is 5.24. The fraction of sp³-hybridized carbons (Fsp3) is 0.333. The molecule has 0 bridgehead atoms. The van der Waals surface area contributed by atoms with Crippen LogP contribution in [0, 0.1) is 6.92 Å². The molecule has 1 nitrogen and oxygen atoms in total. The van der Waals surface area contributed by atoms with Gasteiger partial charge in [-0.25, -0.2) is 0 Å². The summed E-state index contributed by atoms with van der Waals surface area (Å²) >= 11 is 0. The van der Waals surface area contributed by atoms with E-state index in [2.05, 4.69) is 43.6 Å². The minimum atomic E-state index is 1.09. The van der Waals surface area contributed by atoms with Gasteiger partial charge in [-0.05, 0) is 25.0 Å². The Labute approximate surface area is 79.7 Å². The van der Waals surface area contributed by atoms with Gasteiger partial charge >= 0.3 is 0 Å². The Morgan fingerprint density at radius 1 is 1.38 bits per heavy atom. The molecule has 1 aliphatic rings. The molecule has 1 heteroatoms. The molecule has 0 fully saturated rings. The van der Waals surface area contributed by atoms with Gasteiger partial charge < -0.3 is 4.90 Å². The summed E-state index contributed by atoms with van der Waals surface area (Å²) in [7, 11) is 2.10. The van der Waals surface area contributed by atoms with Crippen LogP contribution in [0.15, 0.2) is 24.8 Å². The molecule has 0 radical (unpaired) electrons. The lowest BCUT2D eigenvalue weighted by atomic mass is 9.96. The van der Waals surface area contributed by atoms with Gasteiger partial charge in [0.2, 0.25) is 0 Å². The van der Waals surface area contributed by atoms with E-state index in [0.29, 0.717) is 0 Å². The molecule has 0 aromatic heterocycles. The maximum atomic E-state index is 4.10. The van der Waals surface area contributed by atoms with Crippen molar-refractivity contribution in [1.82, 2.24) is 4.90 Å². The van der Waals surface area contributed by atoms with Crippen molar-refractivity contribution in [1.29, 1.82) is 0 Å². The average Bonchev–Trinajstić information content (AvgIpc) is 2.12. The van der Waals surface area contributed by atoms with Gasteiger partial charge in [-0.15, -0.1) is 0 Å². The van der Waals surface area contributed by atoms with E-state index in [1.807, 2.05) is 0 Å². The summed E-state index contributed by atoms with van der Waals surface area (Å²) in [5.74, 6) is 0. The number of benzene rings is 1. The maximum absolute atomic E-state index is 4.10. The van der Waals surface area contributed by atoms with Crippen LogP contribution in [-0.4, -0.2) is 18.5 Å². The van der Waals surface area contributed by atoms with Crippen LogP contribution in [0.25, 0.3) is 5.70 Å². The molecule has 0 amide bonds. The molecule has 0 saturated carbocycles. The Hall–Kier alpha value is -1.24. The van der Waals surface area contributed by atoms with E-state index in [1.54, 1.807) is 0 Å². The zero-order valence-corrected chi connectivity index (χ0v) is 8.30. The lowest BCUT2D eigenvalue weighted by molar-refractivity contribution is 0.470. The normalized spacial score (nSPS) is 15.8. The van der Waals surface area contributed by atoms with Gasteiger partial charge in [-0.2, -0.15) is 0 Å². The highest BCUT2D eigenvalue weighted by Crippen LogP contribution is 2.26. The lowest BCUT2D eigenvalue weighted by Crippen LogP contribution is -2.24. The Bertz CT molecular complexity index is 352. The first-order chi connectivity index (χ1) is 6.18. The first kappa shape index (κ1) is 8.36. The zero-order valence-electron chi connectivity index (χ0n) is 8.30. The van der Waals surface area contributed by atoms with E-state index in [-0.39, 0.29) is 0 Å². The van der Waals surface area contributed by atoms with E-state index < -0.39 is 0 Å². The third-order valence-corrected chi connectivity index (χ3v) is 2.75. The Balaban J connectivity index is 2.51. The second kappa shape index (κ2) is 2.91. The van der Waals surface area contributed by atoms with E-state index in [1.165, 1.54) is 16.7 Å². The molecule has 1 aromatic carbocycles.